The summed E-state index contributed by atoms with van der Waals surface area (Å²) in [7, 11) is 2.06. The van der Waals surface area contributed by atoms with Crippen molar-refractivity contribution in [2.45, 2.75) is 37.3 Å². The standard InChI is InChI=1S/C18H28N4O3/c1-21(11-18(23)12-24-6-7-25-13-18)15-9-22(10-15)17-8-14-4-2-3-5-16(14)19-20-17/h8,15,23H,2-7,9-13H2,1H3. The molecule has 1 aliphatic carbocycles. The molecule has 0 unspecified atom stereocenters. The lowest BCUT2D eigenvalue weighted by molar-refractivity contribution is -0.0773. The third kappa shape index (κ3) is 3.79. The quantitative estimate of drug-likeness (QED) is 0.836. The van der Waals surface area contributed by atoms with Gasteiger partial charge in [-0.1, -0.05) is 0 Å². The minimum absolute atomic E-state index is 0.337. The molecular weight excluding hydrogens is 320 g/mol. The van der Waals surface area contributed by atoms with Gasteiger partial charge in [0.2, 0.25) is 0 Å². The van der Waals surface area contributed by atoms with E-state index in [-0.39, 0.29) is 0 Å². The topological polar surface area (TPSA) is 71.0 Å². The Morgan fingerprint density at radius 2 is 1.92 bits per heavy atom. The molecule has 0 amide bonds. The van der Waals surface area contributed by atoms with E-state index in [1.165, 1.54) is 24.1 Å². The maximum Gasteiger partial charge on any atom is 0.151 e. The first-order chi connectivity index (χ1) is 12.1. The molecule has 0 aromatic carbocycles. The van der Waals surface area contributed by atoms with Crippen molar-refractivity contribution in [3.05, 3.63) is 17.3 Å². The predicted octanol–water partition coefficient (Wildman–Crippen LogP) is 0.254. The first kappa shape index (κ1) is 17.1. The Kier molecular flexibility index (Phi) is 4.90. The molecule has 25 heavy (non-hydrogen) atoms. The zero-order valence-electron chi connectivity index (χ0n) is 15.0. The molecule has 3 aliphatic rings. The van der Waals surface area contributed by atoms with Gasteiger partial charge in [-0.25, -0.2) is 0 Å². The summed E-state index contributed by atoms with van der Waals surface area (Å²) in [5.41, 5.74) is 1.63. The average molecular weight is 348 g/mol. The van der Waals surface area contributed by atoms with Crippen LogP contribution in [0.3, 0.4) is 0 Å². The van der Waals surface area contributed by atoms with Gasteiger partial charge in [-0.3, -0.25) is 4.90 Å². The van der Waals surface area contributed by atoms with E-state index in [0.29, 0.717) is 39.0 Å². The number of likely N-dealkylation sites (N-methyl/N-ethyl adjacent to an activating group) is 1. The lowest BCUT2D eigenvalue weighted by Crippen LogP contribution is -2.62. The molecule has 7 heteroatoms. The summed E-state index contributed by atoms with van der Waals surface area (Å²) in [6, 6.07) is 2.63. The second-order valence-electron chi connectivity index (χ2n) is 7.69. The fourth-order valence-corrected chi connectivity index (χ4v) is 3.92. The highest BCUT2D eigenvalue weighted by Crippen LogP contribution is 2.26. The summed E-state index contributed by atoms with van der Waals surface area (Å²) >= 11 is 0. The van der Waals surface area contributed by atoms with Crippen LogP contribution in [0.1, 0.15) is 24.1 Å². The molecule has 1 aromatic heterocycles. The zero-order valence-corrected chi connectivity index (χ0v) is 15.0. The van der Waals surface area contributed by atoms with Gasteiger partial charge >= 0.3 is 0 Å². The predicted molar refractivity (Wildman–Crippen MR) is 93.9 cm³/mol. The maximum atomic E-state index is 10.7. The van der Waals surface area contributed by atoms with Crippen molar-refractivity contribution in [1.82, 2.24) is 15.1 Å². The zero-order chi connectivity index (χ0) is 17.3. The Morgan fingerprint density at radius 1 is 1.20 bits per heavy atom. The summed E-state index contributed by atoms with van der Waals surface area (Å²) < 4.78 is 10.9. The third-order valence-corrected chi connectivity index (χ3v) is 5.52. The molecule has 1 N–H and O–H groups in total. The Morgan fingerprint density at radius 3 is 2.68 bits per heavy atom. The molecule has 1 aromatic rings. The minimum atomic E-state index is -0.919. The van der Waals surface area contributed by atoms with Crippen LogP contribution in [0.25, 0.3) is 0 Å². The molecule has 0 atom stereocenters. The monoisotopic (exact) mass is 348 g/mol. The Labute approximate surface area is 148 Å². The molecule has 4 rings (SSSR count). The van der Waals surface area contributed by atoms with Crippen molar-refractivity contribution in [2.75, 3.05) is 58.0 Å². The fraction of sp³-hybridized carbons (Fsp3) is 0.778. The number of fused-ring (bicyclic) bond motifs is 1. The van der Waals surface area contributed by atoms with E-state index in [1.807, 2.05) is 0 Å². The highest BCUT2D eigenvalue weighted by molar-refractivity contribution is 5.45. The fourth-order valence-electron chi connectivity index (χ4n) is 3.92. The number of aromatic nitrogens is 2. The molecule has 2 aliphatic heterocycles. The normalized spacial score (nSPS) is 23.9. The summed E-state index contributed by atoms with van der Waals surface area (Å²) in [4.78, 5) is 4.48. The van der Waals surface area contributed by atoms with E-state index in [1.54, 1.807) is 0 Å². The molecule has 0 saturated carbocycles. The van der Waals surface area contributed by atoms with Crippen LogP contribution < -0.4 is 4.90 Å². The Balaban J connectivity index is 1.32. The molecular formula is C18H28N4O3. The van der Waals surface area contributed by atoms with Crippen LogP contribution in [-0.4, -0.2) is 85.0 Å². The van der Waals surface area contributed by atoms with Gasteiger partial charge in [0, 0.05) is 25.7 Å². The van der Waals surface area contributed by atoms with Gasteiger partial charge in [0.25, 0.3) is 0 Å². The minimum Gasteiger partial charge on any atom is -0.384 e. The summed E-state index contributed by atoms with van der Waals surface area (Å²) in [6.07, 6.45) is 4.68. The van der Waals surface area contributed by atoms with Crippen LogP contribution in [0.5, 0.6) is 0 Å². The number of anilines is 1. The molecule has 3 heterocycles. The van der Waals surface area contributed by atoms with E-state index < -0.39 is 5.60 Å². The van der Waals surface area contributed by atoms with Gasteiger partial charge in [0.05, 0.1) is 32.1 Å². The van der Waals surface area contributed by atoms with Crippen LogP contribution in [0.15, 0.2) is 6.07 Å². The van der Waals surface area contributed by atoms with Crippen molar-refractivity contribution in [3.8, 4) is 0 Å². The van der Waals surface area contributed by atoms with Crippen molar-refractivity contribution < 1.29 is 14.6 Å². The average Bonchev–Trinajstić information content (AvgIpc) is 2.78. The third-order valence-electron chi connectivity index (χ3n) is 5.52. The number of aliphatic hydroxyl groups is 1. The van der Waals surface area contributed by atoms with Crippen LogP contribution in [0.4, 0.5) is 5.82 Å². The first-order valence-corrected chi connectivity index (χ1v) is 9.31. The van der Waals surface area contributed by atoms with Gasteiger partial charge in [0.1, 0.15) is 5.60 Å². The van der Waals surface area contributed by atoms with Gasteiger partial charge in [-0.2, -0.15) is 5.10 Å². The number of hydrogen-bond acceptors (Lipinski definition) is 7. The van der Waals surface area contributed by atoms with Crippen molar-refractivity contribution in [3.63, 3.8) is 0 Å². The van der Waals surface area contributed by atoms with Gasteiger partial charge < -0.3 is 19.5 Å². The van der Waals surface area contributed by atoms with Gasteiger partial charge in [-0.15, -0.1) is 5.10 Å². The SMILES string of the molecule is CN(CC1(O)COCCOC1)C1CN(c2cc3c(nn2)CCCC3)C1. The summed E-state index contributed by atoms with van der Waals surface area (Å²) in [5, 5.41) is 19.5. The lowest BCUT2D eigenvalue weighted by atomic mass is 9.96. The van der Waals surface area contributed by atoms with Gasteiger partial charge in [0.15, 0.2) is 5.82 Å². The molecule has 0 spiro atoms. The van der Waals surface area contributed by atoms with E-state index in [9.17, 15) is 5.11 Å². The second-order valence-corrected chi connectivity index (χ2v) is 7.69. The van der Waals surface area contributed by atoms with E-state index >= 15 is 0 Å². The Hall–Kier alpha value is -1.28. The summed E-state index contributed by atoms with van der Waals surface area (Å²) in [6.45, 7) is 4.18. The molecule has 0 radical (unpaired) electrons. The molecule has 0 bridgehead atoms. The van der Waals surface area contributed by atoms with E-state index in [0.717, 1.165) is 31.7 Å². The van der Waals surface area contributed by atoms with Crippen molar-refractivity contribution >= 4 is 5.82 Å². The number of nitrogens with zero attached hydrogens (tertiary/aromatic N) is 4. The van der Waals surface area contributed by atoms with E-state index in [4.69, 9.17) is 9.47 Å². The Bertz CT molecular complexity index is 598. The number of aryl methyl sites for hydroxylation is 2. The molecule has 2 saturated heterocycles. The van der Waals surface area contributed by atoms with Crippen LogP contribution in [0.2, 0.25) is 0 Å². The molecule has 7 nitrogen and oxygen atoms in total. The van der Waals surface area contributed by atoms with Crippen LogP contribution >= 0.6 is 0 Å². The van der Waals surface area contributed by atoms with Crippen molar-refractivity contribution in [2.24, 2.45) is 0 Å². The van der Waals surface area contributed by atoms with Crippen LogP contribution in [-0.2, 0) is 22.3 Å². The first-order valence-electron chi connectivity index (χ1n) is 9.31. The van der Waals surface area contributed by atoms with E-state index in [2.05, 4.69) is 33.1 Å². The largest absolute Gasteiger partial charge is 0.384 e. The number of ether oxygens (including phenoxy) is 2. The van der Waals surface area contributed by atoms with Gasteiger partial charge in [-0.05, 0) is 44.4 Å². The highest BCUT2D eigenvalue weighted by atomic mass is 16.6. The smallest absolute Gasteiger partial charge is 0.151 e. The maximum absolute atomic E-state index is 10.7. The molecule has 138 valence electrons. The number of rotatable bonds is 4. The summed E-state index contributed by atoms with van der Waals surface area (Å²) in [5.74, 6) is 0.991. The molecule has 2 fully saturated rings. The van der Waals surface area contributed by atoms with Crippen molar-refractivity contribution in [1.29, 1.82) is 0 Å². The second kappa shape index (κ2) is 7.15. The lowest BCUT2D eigenvalue weighted by Gasteiger charge is -2.46. The highest BCUT2D eigenvalue weighted by Gasteiger charge is 2.37. The van der Waals surface area contributed by atoms with Crippen LogP contribution in [0, 0.1) is 0 Å². The number of hydrogen-bond donors (Lipinski definition) is 1.